The highest BCUT2D eigenvalue weighted by Crippen LogP contribution is 2.71. The normalized spacial score (nSPS) is 55.4. The Morgan fingerprint density at radius 1 is 0.882 bits per heavy atom. The topological polar surface area (TPSA) is 9.23 Å². The predicted molar refractivity (Wildman–Crippen MR) is 68.8 cm³/mol. The van der Waals surface area contributed by atoms with E-state index >= 15 is 0 Å². The zero-order valence-electron chi connectivity index (χ0n) is 11.4. The van der Waals surface area contributed by atoms with Crippen LogP contribution in [0.5, 0.6) is 0 Å². The molecule has 1 heterocycles. The van der Waals surface area contributed by atoms with Gasteiger partial charge in [0.1, 0.15) is 0 Å². The summed E-state index contributed by atoms with van der Waals surface area (Å²) < 4.78 is 6.25. The van der Waals surface area contributed by atoms with E-state index in [1.54, 1.807) is 0 Å². The van der Waals surface area contributed by atoms with E-state index in [-0.39, 0.29) is 0 Å². The van der Waals surface area contributed by atoms with Crippen LogP contribution < -0.4 is 0 Å². The quantitative estimate of drug-likeness (QED) is 0.611. The third-order valence-electron chi connectivity index (χ3n) is 7.10. The van der Waals surface area contributed by atoms with Crippen LogP contribution in [0.25, 0.3) is 0 Å². The highest BCUT2D eigenvalue weighted by Gasteiger charge is 2.67. The molecule has 96 valence electrons. The third kappa shape index (κ3) is 1.15. The smallest absolute Gasteiger partial charge is 0.0717 e. The van der Waals surface area contributed by atoms with Gasteiger partial charge < -0.3 is 4.74 Å². The van der Waals surface area contributed by atoms with Gasteiger partial charge in [-0.05, 0) is 67.6 Å². The van der Waals surface area contributed by atoms with Crippen molar-refractivity contribution in [3.8, 4) is 0 Å². The summed E-state index contributed by atoms with van der Waals surface area (Å²) >= 11 is 0. The van der Waals surface area contributed by atoms with Crippen LogP contribution in [-0.2, 0) is 4.74 Å². The Bertz CT molecular complexity index is 347. The van der Waals surface area contributed by atoms with Crippen molar-refractivity contribution in [2.45, 2.75) is 70.8 Å². The second kappa shape index (κ2) is 3.10. The largest absolute Gasteiger partial charge is 0.375 e. The fourth-order valence-electron chi connectivity index (χ4n) is 6.57. The number of hydrogen-bond acceptors (Lipinski definition) is 1. The molecule has 1 spiro atoms. The van der Waals surface area contributed by atoms with Gasteiger partial charge in [-0.25, -0.2) is 0 Å². The molecule has 4 rings (SSSR count). The molecule has 4 aliphatic rings. The molecular formula is C16H26O. The lowest BCUT2D eigenvalue weighted by molar-refractivity contribution is -0.117. The van der Waals surface area contributed by atoms with Crippen LogP contribution in [0.1, 0.15) is 65.2 Å². The molecule has 0 radical (unpaired) electrons. The zero-order valence-corrected chi connectivity index (χ0v) is 11.4. The molecule has 0 amide bonds. The van der Waals surface area contributed by atoms with Crippen LogP contribution in [0.15, 0.2) is 0 Å². The minimum atomic E-state index is 0.351. The number of ether oxygens (including phenoxy) is 1. The molecule has 3 aliphatic carbocycles. The lowest BCUT2D eigenvalue weighted by Crippen LogP contribution is -2.52. The summed E-state index contributed by atoms with van der Waals surface area (Å²) in [4.78, 5) is 0. The van der Waals surface area contributed by atoms with Crippen molar-refractivity contribution in [3.05, 3.63) is 0 Å². The highest BCUT2D eigenvalue weighted by atomic mass is 16.5. The van der Waals surface area contributed by atoms with Gasteiger partial charge in [0, 0.05) is 6.61 Å². The van der Waals surface area contributed by atoms with E-state index in [1.807, 2.05) is 0 Å². The summed E-state index contributed by atoms with van der Waals surface area (Å²) in [6, 6.07) is 0. The molecule has 4 atom stereocenters. The molecular weight excluding hydrogens is 208 g/mol. The van der Waals surface area contributed by atoms with E-state index in [1.165, 1.54) is 51.4 Å². The molecule has 1 heteroatoms. The summed E-state index contributed by atoms with van der Waals surface area (Å²) in [7, 11) is 0. The fourth-order valence-corrected chi connectivity index (χ4v) is 6.57. The second-order valence-electron chi connectivity index (χ2n) is 7.92. The first-order chi connectivity index (χ1) is 8.09. The van der Waals surface area contributed by atoms with E-state index < -0.39 is 0 Å². The van der Waals surface area contributed by atoms with E-state index in [0.717, 1.165) is 18.4 Å². The third-order valence-corrected chi connectivity index (χ3v) is 7.10. The Morgan fingerprint density at radius 2 is 1.76 bits per heavy atom. The van der Waals surface area contributed by atoms with Crippen molar-refractivity contribution in [1.82, 2.24) is 0 Å². The highest BCUT2D eigenvalue weighted by molar-refractivity contribution is 5.17. The van der Waals surface area contributed by atoms with Gasteiger partial charge >= 0.3 is 0 Å². The van der Waals surface area contributed by atoms with E-state index in [0.29, 0.717) is 16.4 Å². The number of hydrogen-bond donors (Lipinski definition) is 0. The molecule has 1 saturated heterocycles. The van der Waals surface area contributed by atoms with Crippen molar-refractivity contribution in [1.29, 1.82) is 0 Å². The van der Waals surface area contributed by atoms with Crippen LogP contribution in [0, 0.1) is 22.7 Å². The van der Waals surface area contributed by atoms with Crippen molar-refractivity contribution in [3.63, 3.8) is 0 Å². The van der Waals surface area contributed by atoms with Gasteiger partial charge in [-0.15, -0.1) is 0 Å². The van der Waals surface area contributed by atoms with Gasteiger partial charge in [0.2, 0.25) is 0 Å². The van der Waals surface area contributed by atoms with Crippen LogP contribution in [0.3, 0.4) is 0 Å². The maximum absolute atomic E-state index is 6.25. The summed E-state index contributed by atoms with van der Waals surface area (Å²) in [5.41, 5.74) is 1.64. The average molecular weight is 234 g/mol. The van der Waals surface area contributed by atoms with Crippen LogP contribution >= 0.6 is 0 Å². The molecule has 17 heavy (non-hydrogen) atoms. The molecule has 0 N–H and O–H groups in total. The second-order valence-corrected chi connectivity index (χ2v) is 7.92. The van der Waals surface area contributed by atoms with Crippen molar-refractivity contribution in [2.24, 2.45) is 22.7 Å². The predicted octanol–water partition coefficient (Wildman–Crippen LogP) is 4.16. The monoisotopic (exact) mass is 234 g/mol. The van der Waals surface area contributed by atoms with Gasteiger partial charge in [0.05, 0.1) is 5.60 Å². The molecule has 0 aromatic carbocycles. The molecule has 3 saturated carbocycles. The minimum absolute atomic E-state index is 0.351. The first-order valence-corrected chi connectivity index (χ1v) is 7.73. The van der Waals surface area contributed by atoms with Crippen molar-refractivity contribution < 1.29 is 4.74 Å². The SMILES string of the molecule is CC1(C)CCC[C@@]23CC[C@]4(CC[C@@H]12)OCC[C@@H]43. The maximum Gasteiger partial charge on any atom is 0.0717 e. The summed E-state index contributed by atoms with van der Waals surface area (Å²) in [5.74, 6) is 1.92. The summed E-state index contributed by atoms with van der Waals surface area (Å²) in [5, 5.41) is 0. The molecule has 1 nitrogen and oxygen atoms in total. The van der Waals surface area contributed by atoms with Gasteiger partial charge in [-0.3, -0.25) is 0 Å². The average Bonchev–Trinajstić information content (AvgIpc) is 2.75. The summed E-state index contributed by atoms with van der Waals surface area (Å²) in [6.45, 7) is 6.14. The van der Waals surface area contributed by atoms with Crippen LogP contribution in [0.2, 0.25) is 0 Å². The summed E-state index contributed by atoms with van der Waals surface area (Å²) in [6.07, 6.45) is 11.5. The van der Waals surface area contributed by atoms with E-state index in [4.69, 9.17) is 4.74 Å². The standard InChI is InChI=1S/C16H26O/c1-14(2)6-3-7-15-9-10-16(8-4-12(14)15)13(15)5-11-17-16/h12-13H,3-11H2,1-2H3/t12-,13+,15+,16-/m0/s1. The Kier molecular flexibility index (Phi) is 1.98. The Labute approximate surface area is 105 Å². The molecule has 0 unspecified atom stereocenters. The Morgan fingerprint density at radius 3 is 2.65 bits per heavy atom. The van der Waals surface area contributed by atoms with Gasteiger partial charge in [0.25, 0.3) is 0 Å². The first-order valence-electron chi connectivity index (χ1n) is 7.73. The van der Waals surface area contributed by atoms with Crippen LogP contribution in [0.4, 0.5) is 0 Å². The van der Waals surface area contributed by atoms with Crippen molar-refractivity contribution in [2.75, 3.05) is 6.61 Å². The molecule has 4 fully saturated rings. The van der Waals surface area contributed by atoms with Crippen molar-refractivity contribution >= 4 is 0 Å². The van der Waals surface area contributed by atoms with Gasteiger partial charge in [-0.1, -0.05) is 20.3 Å². The van der Waals surface area contributed by atoms with Crippen LogP contribution in [-0.4, -0.2) is 12.2 Å². The minimum Gasteiger partial charge on any atom is -0.375 e. The molecule has 2 bridgehead atoms. The Balaban J connectivity index is 1.79. The molecule has 0 aromatic rings. The van der Waals surface area contributed by atoms with E-state index in [9.17, 15) is 0 Å². The Hall–Kier alpha value is -0.0400. The fraction of sp³-hybridized carbons (Fsp3) is 1.00. The van der Waals surface area contributed by atoms with E-state index in [2.05, 4.69) is 13.8 Å². The lowest BCUT2D eigenvalue weighted by Gasteiger charge is -2.57. The lowest BCUT2D eigenvalue weighted by atomic mass is 9.48. The number of rotatable bonds is 0. The maximum atomic E-state index is 6.25. The van der Waals surface area contributed by atoms with Gasteiger partial charge in [-0.2, -0.15) is 0 Å². The first kappa shape index (κ1) is 10.8. The molecule has 1 aliphatic heterocycles. The van der Waals surface area contributed by atoms with Gasteiger partial charge in [0.15, 0.2) is 0 Å². The zero-order chi connectivity index (χ0) is 11.7. The molecule has 0 aromatic heterocycles.